The van der Waals surface area contributed by atoms with E-state index in [0.29, 0.717) is 6.04 Å². The molecule has 2 heteroatoms. The molecule has 2 nitrogen and oxygen atoms in total. The Kier molecular flexibility index (Phi) is 7.41. The maximum atomic E-state index is 3.62. The fraction of sp³-hybridized carbons (Fsp3) is 0.684. The summed E-state index contributed by atoms with van der Waals surface area (Å²) in [5, 5.41) is 3.62. The van der Waals surface area contributed by atoms with Gasteiger partial charge in [-0.2, -0.15) is 0 Å². The standard InChI is InChI=1S/C19H34N2/c1-7-19(8-2,21(9-3)10-4)18(20-6)15-17-13-11-12-16(5)14-17/h11-14,18,20H,7-10,15H2,1-6H3. The number of likely N-dealkylation sites (N-methyl/N-ethyl adjacent to an activating group) is 2. The lowest BCUT2D eigenvalue weighted by molar-refractivity contribution is 0.0519. The Morgan fingerprint density at radius 2 is 1.71 bits per heavy atom. The van der Waals surface area contributed by atoms with Crippen LogP contribution in [0.2, 0.25) is 0 Å². The molecule has 21 heavy (non-hydrogen) atoms. The zero-order valence-electron chi connectivity index (χ0n) is 14.9. The monoisotopic (exact) mass is 290 g/mol. The van der Waals surface area contributed by atoms with Crippen molar-refractivity contribution >= 4 is 0 Å². The fourth-order valence-electron chi connectivity index (χ4n) is 3.90. The van der Waals surface area contributed by atoms with E-state index in [2.05, 4.69) is 76.1 Å². The van der Waals surface area contributed by atoms with E-state index in [0.717, 1.165) is 19.5 Å². The van der Waals surface area contributed by atoms with Gasteiger partial charge in [-0.15, -0.1) is 0 Å². The second-order valence-electron chi connectivity index (χ2n) is 6.02. The van der Waals surface area contributed by atoms with Gasteiger partial charge in [-0.3, -0.25) is 4.90 Å². The minimum Gasteiger partial charge on any atom is -0.315 e. The van der Waals surface area contributed by atoms with Crippen molar-refractivity contribution in [2.45, 2.75) is 65.5 Å². The maximum Gasteiger partial charge on any atom is 0.0360 e. The van der Waals surface area contributed by atoms with Gasteiger partial charge in [-0.25, -0.2) is 0 Å². The van der Waals surface area contributed by atoms with Crippen LogP contribution in [-0.2, 0) is 6.42 Å². The Morgan fingerprint density at radius 3 is 2.14 bits per heavy atom. The molecule has 1 rings (SSSR count). The van der Waals surface area contributed by atoms with E-state index in [1.807, 2.05) is 0 Å². The van der Waals surface area contributed by atoms with E-state index in [1.54, 1.807) is 0 Å². The largest absolute Gasteiger partial charge is 0.315 e. The molecule has 0 amide bonds. The molecule has 1 aromatic rings. The zero-order chi connectivity index (χ0) is 15.9. The van der Waals surface area contributed by atoms with Gasteiger partial charge in [0.1, 0.15) is 0 Å². The SMILES string of the molecule is CCN(CC)C(CC)(CC)C(Cc1cccc(C)c1)NC. The molecule has 0 fully saturated rings. The first-order valence-electron chi connectivity index (χ1n) is 8.55. The number of nitrogens with one attached hydrogen (secondary N) is 1. The Morgan fingerprint density at radius 1 is 1.10 bits per heavy atom. The van der Waals surface area contributed by atoms with E-state index in [-0.39, 0.29) is 5.54 Å². The van der Waals surface area contributed by atoms with Crippen LogP contribution in [0.15, 0.2) is 24.3 Å². The Balaban J connectivity index is 3.07. The van der Waals surface area contributed by atoms with E-state index >= 15 is 0 Å². The first-order chi connectivity index (χ1) is 10.1. The number of hydrogen-bond donors (Lipinski definition) is 1. The molecule has 0 radical (unpaired) electrons. The highest BCUT2D eigenvalue weighted by Gasteiger charge is 2.38. The Hall–Kier alpha value is -0.860. The molecule has 1 unspecified atom stereocenters. The predicted octanol–water partition coefficient (Wildman–Crippen LogP) is 4.03. The molecule has 120 valence electrons. The predicted molar refractivity (Wildman–Crippen MR) is 94.0 cm³/mol. The molecule has 0 aromatic heterocycles. The molecule has 0 heterocycles. The van der Waals surface area contributed by atoms with Crippen LogP contribution in [0, 0.1) is 6.92 Å². The third-order valence-electron chi connectivity index (χ3n) is 5.14. The summed E-state index contributed by atoms with van der Waals surface area (Å²) in [4.78, 5) is 2.64. The molecule has 0 aliphatic carbocycles. The third kappa shape index (κ3) is 4.08. The van der Waals surface area contributed by atoms with Crippen LogP contribution in [0.4, 0.5) is 0 Å². The minimum atomic E-state index is 0.238. The Bertz CT molecular complexity index is 406. The van der Waals surface area contributed by atoms with E-state index < -0.39 is 0 Å². The first kappa shape index (κ1) is 18.2. The topological polar surface area (TPSA) is 15.3 Å². The van der Waals surface area contributed by atoms with Crippen molar-refractivity contribution in [1.29, 1.82) is 0 Å². The van der Waals surface area contributed by atoms with Gasteiger partial charge in [0.2, 0.25) is 0 Å². The number of hydrogen-bond acceptors (Lipinski definition) is 2. The smallest absolute Gasteiger partial charge is 0.0360 e. The van der Waals surface area contributed by atoms with Crippen molar-refractivity contribution in [1.82, 2.24) is 10.2 Å². The van der Waals surface area contributed by atoms with Gasteiger partial charge in [0.05, 0.1) is 0 Å². The first-order valence-corrected chi connectivity index (χ1v) is 8.55. The summed E-state index contributed by atoms with van der Waals surface area (Å²) in [6.45, 7) is 13.6. The number of rotatable bonds is 9. The second-order valence-corrected chi connectivity index (χ2v) is 6.02. The summed E-state index contributed by atoms with van der Waals surface area (Å²) in [5.41, 5.74) is 3.03. The van der Waals surface area contributed by atoms with Gasteiger partial charge in [0.15, 0.2) is 0 Å². The third-order valence-corrected chi connectivity index (χ3v) is 5.14. The summed E-state index contributed by atoms with van der Waals surface area (Å²) in [7, 11) is 2.12. The number of benzene rings is 1. The van der Waals surface area contributed by atoms with Gasteiger partial charge in [0.25, 0.3) is 0 Å². The highest BCUT2D eigenvalue weighted by Crippen LogP contribution is 2.30. The molecule has 0 aliphatic rings. The van der Waals surface area contributed by atoms with E-state index in [9.17, 15) is 0 Å². The summed E-state index contributed by atoms with van der Waals surface area (Å²) < 4.78 is 0. The molecule has 1 N–H and O–H groups in total. The lowest BCUT2D eigenvalue weighted by atomic mass is 9.79. The molecule has 1 atom stereocenters. The maximum absolute atomic E-state index is 3.62. The van der Waals surface area contributed by atoms with Crippen molar-refractivity contribution in [2.75, 3.05) is 20.1 Å². The average Bonchev–Trinajstić information content (AvgIpc) is 2.51. The van der Waals surface area contributed by atoms with Gasteiger partial charge in [-0.05, 0) is 51.9 Å². The van der Waals surface area contributed by atoms with Gasteiger partial charge >= 0.3 is 0 Å². The molecule has 0 saturated carbocycles. The highest BCUT2D eigenvalue weighted by molar-refractivity contribution is 5.24. The highest BCUT2D eigenvalue weighted by atomic mass is 15.2. The van der Waals surface area contributed by atoms with Crippen molar-refractivity contribution in [3.63, 3.8) is 0 Å². The summed E-state index contributed by atoms with van der Waals surface area (Å²) in [6, 6.07) is 9.41. The quantitative estimate of drug-likeness (QED) is 0.739. The molecule has 0 aliphatic heterocycles. The van der Waals surface area contributed by atoms with Gasteiger partial charge in [0, 0.05) is 11.6 Å². The van der Waals surface area contributed by atoms with E-state index in [1.165, 1.54) is 24.0 Å². The molecule has 0 spiro atoms. The lowest BCUT2D eigenvalue weighted by Crippen LogP contribution is -2.61. The number of nitrogens with zero attached hydrogens (tertiary/aromatic N) is 1. The van der Waals surface area contributed by atoms with Crippen LogP contribution in [0.1, 0.15) is 51.7 Å². The molecule has 0 saturated heterocycles. The van der Waals surface area contributed by atoms with E-state index in [4.69, 9.17) is 0 Å². The van der Waals surface area contributed by atoms with Crippen LogP contribution in [0.25, 0.3) is 0 Å². The lowest BCUT2D eigenvalue weighted by Gasteiger charge is -2.48. The summed E-state index contributed by atoms with van der Waals surface area (Å²) in [6.07, 6.45) is 3.46. The zero-order valence-corrected chi connectivity index (χ0v) is 14.9. The molecular weight excluding hydrogens is 256 g/mol. The van der Waals surface area contributed by atoms with Gasteiger partial charge in [-0.1, -0.05) is 57.5 Å². The molecular formula is C19H34N2. The van der Waals surface area contributed by atoms with Crippen LogP contribution in [0.5, 0.6) is 0 Å². The van der Waals surface area contributed by atoms with Crippen molar-refractivity contribution in [3.8, 4) is 0 Å². The van der Waals surface area contributed by atoms with Gasteiger partial charge < -0.3 is 5.32 Å². The van der Waals surface area contributed by atoms with Crippen molar-refractivity contribution < 1.29 is 0 Å². The normalized spacial score (nSPS) is 13.7. The van der Waals surface area contributed by atoms with Crippen molar-refractivity contribution in [2.24, 2.45) is 0 Å². The van der Waals surface area contributed by atoms with Crippen LogP contribution >= 0.6 is 0 Å². The minimum absolute atomic E-state index is 0.238. The van der Waals surface area contributed by atoms with Crippen LogP contribution in [-0.4, -0.2) is 36.6 Å². The molecule has 0 bridgehead atoms. The summed E-state index contributed by atoms with van der Waals surface area (Å²) in [5.74, 6) is 0. The fourth-order valence-corrected chi connectivity index (χ4v) is 3.90. The average molecular weight is 290 g/mol. The molecule has 1 aromatic carbocycles. The second kappa shape index (κ2) is 8.55. The Labute approximate surface area is 131 Å². The number of aryl methyl sites for hydroxylation is 1. The summed E-state index contributed by atoms with van der Waals surface area (Å²) >= 11 is 0. The van der Waals surface area contributed by atoms with Crippen molar-refractivity contribution in [3.05, 3.63) is 35.4 Å². The van der Waals surface area contributed by atoms with Crippen LogP contribution < -0.4 is 5.32 Å². The van der Waals surface area contributed by atoms with Crippen LogP contribution in [0.3, 0.4) is 0 Å².